The van der Waals surface area contributed by atoms with Gasteiger partial charge in [0, 0.05) is 11.1 Å². The van der Waals surface area contributed by atoms with Gasteiger partial charge in [-0.2, -0.15) is 0 Å². The molecule has 0 aromatic heterocycles. The first-order valence-corrected chi connectivity index (χ1v) is 10.2. The predicted octanol–water partition coefficient (Wildman–Crippen LogP) is 6.10. The van der Waals surface area contributed by atoms with Crippen LogP contribution in [-0.4, -0.2) is 18.9 Å². The molecule has 0 bridgehead atoms. The molecule has 4 aromatic rings. The number of carbonyl (C=O) groups is 2. The van der Waals surface area contributed by atoms with Crippen LogP contribution in [0.25, 0.3) is 16.8 Å². The minimum Gasteiger partial charge on any atom is -0.488 e. The van der Waals surface area contributed by atoms with Crippen LogP contribution in [0.1, 0.15) is 31.8 Å². The number of carbonyl (C=O) groups excluding carboxylic acids is 2. The van der Waals surface area contributed by atoms with Crippen molar-refractivity contribution in [1.82, 2.24) is 0 Å². The highest BCUT2D eigenvalue weighted by atomic mass is 16.5. The summed E-state index contributed by atoms with van der Waals surface area (Å²) in [5.74, 6) is 0.236. The Bertz CT molecular complexity index is 1290. The minimum absolute atomic E-state index is 0.0658. The number of hydrogen-bond acceptors (Lipinski definition) is 4. The zero-order chi connectivity index (χ0) is 22.3. The summed E-state index contributed by atoms with van der Waals surface area (Å²) in [7, 11) is 1.36. The van der Waals surface area contributed by atoms with Crippen molar-refractivity contribution in [2.45, 2.75) is 6.61 Å². The summed E-state index contributed by atoms with van der Waals surface area (Å²) in [6.45, 7) is 0.338. The van der Waals surface area contributed by atoms with E-state index < -0.39 is 0 Å². The van der Waals surface area contributed by atoms with Crippen molar-refractivity contribution < 1.29 is 19.1 Å². The largest absolute Gasteiger partial charge is 0.488 e. The molecule has 0 amide bonds. The second kappa shape index (κ2) is 9.75. The summed E-state index contributed by atoms with van der Waals surface area (Å²) in [6, 6.07) is 28.3. The molecule has 0 atom stereocenters. The van der Waals surface area contributed by atoms with Crippen molar-refractivity contribution in [2.75, 3.05) is 7.11 Å². The van der Waals surface area contributed by atoms with Gasteiger partial charge in [0.05, 0.1) is 12.7 Å². The number of ketones is 1. The van der Waals surface area contributed by atoms with Gasteiger partial charge in [-0.25, -0.2) is 4.79 Å². The first kappa shape index (κ1) is 21.1. The van der Waals surface area contributed by atoms with E-state index in [4.69, 9.17) is 9.47 Å². The molecular formula is C28H22O4. The number of para-hydroxylation sites is 1. The highest BCUT2D eigenvalue weighted by molar-refractivity contribution is 6.08. The van der Waals surface area contributed by atoms with Crippen LogP contribution in [0.3, 0.4) is 0 Å². The molecule has 32 heavy (non-hydrogen) atoms. The molecule has 0 radical (unpaired) electrons. The second-order valence-electron chi connectivity index (χ2n) is 7.27. The van der Waals surface area contributed by atoms with E-state index in [1.54, 1.807) is 24.3 Å². The molecule has 0 unspecified atom stereocenters. The van der Waals surface area contributed by atoms with Gasteiger partial charge in [0.1, 0.15) is 12.4 Å². The van der Waals surface area contributed by atoms with Gasteiger partial charge in [0.25, 0.3) is 0 Å². The van der Waals surface area contributed by atoms with Gasteiger partial charge in [-0.05, 0) is 52.8 Å². The Morgan fingerprint density at radius 3 is 2.25 bits per heavy atom. The van der Waals surface area contributed by atoms with Gasteiger partial charge in [-0.15, -0.1) is 0 Å². The fourth-order valence-corrected chi connectivity index (χ4v) is 3.37. The van der Waals surface area contributed by atoms with Gasteiger partial charge in [0.15, 0.2) is 5.78 Å². The number of esters is 1. The smallest absolute Gasteiger partial charge is 0.337 e. The highest BCUT2D eigenvalue weighted by Crippen LogP contribution is 2.22. The molecule has 0 aliphatic carbocycles. The van der Waals surface area contributed by atoms with E-state index in [1.807, 2.05) is 78.9 Å². The van der Waals surface area contributed by atoms with Gasteiger partial charge in [-0.3, -0.25) is 4.79 Å². The first-order chi connectivity index (χ1) is 15.6. The van der Waals surface area contributed by atoms with E-state index >= 15 is 0 Å². The van der Waals surface area contributed by atoms with Gasteiger partial charge in [0.2, 0.25) is 0 Å². The predicted molar refractivity (Wildman–Crippen MR) is 126 cm³/mol. The average molecular weight is 422 g/mol. The number of allylic oxidation sites excluding steroid dienone is 1. The topological polar surface area (TPSA) is 52.6 Å². The summed E-state index contributed by atoms with van der Waals surface area (Å²) in [4.78, 5) is 24.3. The SMILES string of the molecule is COC(=O)c1ccc(COc2ccccc2C=CC(=O)c2ccc3ccccc3c2)cc1. The fraction of sp³-hybridized carbons (Fsp3) is 0.0714. The molecule has 158 valence electrons. The van der Waals surface area contributed by atoms with E-state index in [9.17, 15) is 9.59 Å². The van der Waals surface area contributed by atoms with Crippen LogP contribution in [0.15, 0.2) is 97.1 Å². The summed E-state index contributed by atoms with van der Waals surface area (Å²) in [5.41, 5.74) is 2.87. The van der Waals surface area contributed by atoms with Crippen molar-refractivity contribution in [3.8, 4) is 5.75 Å². The Labute approximate surface area is 186 Å². The third-order valence-corrected chi connectivity index (χ3v) is 5.14. The zero-order valence-electron chi connectivity index (χ0n) is 17.7. The van der Waals surface area contributed by atoms with Gasteiger partial charge >= 0.3 is 5.97 Å². The molecule has 0 aliphatic rings. The van der Waals surface area contributed by atoms with Crippen LogP contribution < -0.4 is 4.74 Å². The van der Waals surface area contributed by atoms with Crippen molar-refractivity contribution in [3.63, 3.8) is 0 Å². The number of hydrogen-bond donors (Lipinski definition) is 0. The number of rotatable bonds is 7. The van der Waals surface area contributed by atoms with Crippen molar-refractivity contribution in [2.24, 2.45) is 0 Å². The number of benzene rings is 4. The van der Waals surface area contributed by atoms with Crippen molar-refractivity contribution in [1.29, 1.82) is 0 Å². The van der Waals surface area contributed by atoms with Crippen LogP contribution in [0.2, 0.25) is 0 Å². The molecule has 0 N–H and O–H groups in total. The third-order valence-electron chi connectivity index (χ3n) is 5.14. The molecule has 0 fully saturated rings. The summed E-state index contributed by atoms with van der Waals surface area (Å²) >= 11 is 0. The quantitative estimate of drug-likeness (QED) is 0.205. The lowest BCUT2D eigenvalue weighted by Gasteiger charge is -2.10. The van der Waals surface area contributed by atoms with Crippen LogP contribution in [0.4, 0.5) is 0 Å². The van der Waals surface area contributed by atoms with Crippen molar-refractivity contribution >= 4 is 28.6 Å². The van der Waals surface area contributed by atoms with E-state index in [2.05, 4.69) is 0 Å². The van der Waals surface area contributed by atoms with Gasteiger partial charge < -0.3 is 9.47 Å². The maximum Gasteiger partial charge on any atom is 0.337 e. The molecule has 4 rings (SSSR count). The molecule has 0 aliphatic heterocycles. The van der Waals surface area contributed by atoms with Gasteiger partial charge in [-0.1, -0.05) is 66.7 Å². The molecule has 0 saturated carbocycles. The summed E-state index contributed by atoms with van der Waals surface area (Å²) in [6.07, 6.45) is 3.34. The lowest BCUT2D eigenvalue weighted by atomic mass is 10.0. The van der Waals surface area contributed by atoms with Crippen LogP contribution >= 0.6 is 0 Å². The molecular weight excluding hydrogens is 400 g/mol. The van der Waals surface area contributed by atoms with E-state index in [0.29, 0.717) is 23.5 Å². The lowest BCUT2D eigenvalue weighted by Crippen LogP contribution is -2.02. The Morgan fingerprint density at radius 1 is 0.781 bits per heavy atom. The normalized spacial score (nSPS) is 10.9. The van der Waals surface area contributed by atoms with Crippen LogP contribution in [0.5, 0.6) is 5.75 Å². The van der Waals surface area contributed by atoms with Crippen LogP contribution in [-0.2, 0) is 11.3 Å². The minimum atomic E-state index is -0.371. The fourth-order valence-electron chi connectivity index (χ4n) is 3.37. The molecule has 4 heteroatoms. The highest BCUT2D eigenvalue weighted by Gasteiger charge is 2.07. The van der Waals surface area contributed by atoms with E-state index in [1.165, 1.54) is 7.11 Å². The average Bonchev–Trinajstić information content (AvgIpc) is 2.86. The maximum absolute atomic E-state index is 12.7. The summed E-state index contributed by atoms with van der Waals surface area (Å²) in [5, 5.41) is 2.14. The Morgan fingerprint density at radius 2 is 1.47 bits per heavy atom. The molecule has 4 aromatic carbocycles. The first-order valence-electron chi connectivity index (χ1n) is 10.2. The monoisotopic (exact) mass is 422 g/mol. The maximum atomic E-state index is 12.7. The number of fused-ring (bicyclic) bond motifs is 1. The summed E-state index contributed by atoms with van der Waals surface area (Å²) < 4.78 is 10.7. The number of methoxy groups -OCH3 is 1. The zero-order valence-corrected chi connectivity index (χ0v) is 17.7. The molecule has 0 saturated heterocycles. The van der Waals surface area contributed by atoms with Crippen molar-refractivity contribution in [3.05, 3.63) is 119 Å². The Hall–Kier alpha value is -4.18. The van der Waals surface area contributed by atoms with E-state index in [0.717, 1.165) is 21.9 Å². The third kappa shape index (κ3) is 4.93. The lowest BCUT2D eigenvalue weighted by molar-refractivity contribution is 0.0600. The molecule has 0 heterocycles. The van der Waals surface area contributed by atoms with Crippen LogP contribution in [0, 0.1) is 0 Å². The second-order valence-corrected chi connectivity index (χ2v) is 7.27. The van der Waals surface area contributed by atoms with E-state index in [-0.39, 0.29) is 11.8 Å². The Balaban J connectivity index is 1.46. The Kier molecular flexibility index (Phi) is 6.42. The molecule has 4 nitrogen and oxygen atoms in total. The molecule has 0 spiro atoms. The standard InChI is InChI=1S/C28H22O4/c1-31-28(30)23-12-10-20(11-13-23)19-32-27-9-5-4-7-22(27)16-17-26(29)25-15-14-21-6-2-3-8-24(21)18-25/h2-18H,19H2,1H3. The number of ether oxygens (including phenoxy) is 2.